The first-order valence-corrected chi connectivity index (χ1v) is 9.43. The third-order valence-electron chi connectivity index (χ3n) is 4.48. The summed E-state index contributed by atoms with van der Waals surface area (Å²) in [6, 6.07) is 14.0. The zero-order valence-corrected chi connectivity index (χ0v) is 17.0. The van der Waals surface area contributed by atoms with Gasteiger partial charge in [-0.3, -0.25) is 0 Å². The fourth-order valence-electron chi connectivity index (χ4n) is 2.95. The number of nitrogens with one attached hydrogen (secondary N) is 1. The van der Waals surface area contributed by atoms with Crippen LogP contribution in [-0.4, -0.2) is 31.8 Å². The smallest absolute Gasteiger partial charge is 0.335 e. The highest BCUT2D eigenvalue weighted by atomic mass is 35.5. The van der Waals surface area contributed by atoms with Gasteiger partial charge in [0.1, 0.15) is 11.5 Å². The van der Waals surface area contributed by atoms with Gasteiger partial charge in [0.25, 0.3) is 0 Å². The number of carboxylic acids is 1. The van der Waals surface area contributed by atoms with Crippen molar-refractivity contribution in [3.05, 3.63) is 70.4 Å². The molecule has 2 aromatic carbocycles. The van der Waals surface area contributed by atoms with Crippen molar-refractivity contribution < 1.29 is 23.8 Å². The third kappa shape index (κ3) is 5.10. The molecule has 29 heavy (non-hydrogen) atoms. The Labute approximate surface area is 174 Å². The minimum absolute atomic E-state index is 0.162. The highest BCUT2D eigenvalue weighted by molar-refractivity contribution is 6.33. The van der Waals surface area contributed by atoms with Gasteiger partial charge in [-0.2, -0.15) is 0 Å². The molecule has 0 unspecified atom stereocenters. The van der Waals surface area contributed by atoms with Crippen LogP contribution < -0.4 is 14.8 Å². The fourth-order valence-corrected chi connectivity index (χ4v) is 3.16. The number of carbonyl (C=O) groups is 1. The van der Waals surface area contributed by atoms with E-state index in [2.05, 4.69) is 5.32 Å². The number of carboxylic acid groups (broad SMARTS) is 1. The minimum atomic E-state index is -1.01. The van der Waals surface area contributed by atoms with Crippen molar-refractivity contribution in [2.75, 3.05) is 20.8 Å². The van der Waals surface area contributed by atoms with Crippen LogP contribution in [0.5, 0.6) is 11.5 Å². The van der Waals surface area contributed by atoms with Crippen LogP contribution in [0.3, 0.4) is 0 Å². The van der Waals surface area contributed by atoms with E-state index in [9.17, 15) is 4.79 Å². The quantitative estimate of drug-likeness (QED) is 0.495. The maximum absolute atomic E-state index is 11.2. The Morgan fingerprint density at radius 3 is 2.59 bits per heavy atom. The van der Waals surface area contributed by atoms with Crippen LogP contribution in [0, 0.1) is 0 Å². The molecule has 0 bridgehead atoms. The van der Waals surface area contributed by atoms with Crippen LogP contribution in [0.2, 0.25) is 5.02 Å². The SMILES string of the molecule is COc1ccc(CCNCc2ccc(-c3cc(C(=O)O)ccc3Cl)o2)cc1OC. The van der Waals surface area contributed by atoms with Gasteiger partial charge in [0, 0.05) is 5.56 Å². The Morgan fingerprint density at radius 1 is 1.07 bits per heavy atom. The molecular weight excluding hydrogens is 394 g/mol. The van der Waals surface area contributed by atoms with E-state index in [1.807, 2.05) is 24.3 Å². The number of halogens is 1. The molecule has 0 aliphatic carbocycles. The molecule has 0 atom stereocenters. The molecule has 6 nitrogen and oxygen atoms in total. The van der Waals surface area contributed by atoms with Gasteiger partial charge in [-0.1, -0.05) is 17.7 Å². The maximum Gasteiger partial charge on any atom is 0.335 e. The van der Waals surface area contributed by atoms with Crippen molar-refractivity contribution in [2.24, 2.45) is 0 Å². The molecule has 0 spiro atoms. The number of hydrogen-bond donors (Lipinski definition) is 2. The molecule has 0 saturated carbocycles. The number of ether oxygens (including phenoxy) is 2. The van der Waals surface area contributed by atoms with Gasteiger partial charge in [0.2, 0.25) is 0 Å². The van der Waals surface area contributed by atoms with Crippen LogP contribution in [0.15, 0.2) is 52.9 Å². The first-order valence-electron chi connectivity index (χ1n) is 9.05. The lowest BCUT2D eigenvalue weighted by Crippen LogP contribution is -2.16. The summed E-state index contributed by atoms with van der Waals surface area (Å²) in [6.45, 7) is 1.30. The standard InChI is InChI=1S/C22H22ClNO5/c1-27-20-7-3-14(11-21(20)28-2)9-10-24-13-16-5-8-19(29-16)17-12-15(22(25)26)4-6-18(17)23/h3-8,11-12,24H,9-10,13H2,1-2H3,(H,25,26). The molecule has 0 amide bonds. The van der Waals surface area contributed by atoms with Crippen molar-refractivity contribution in [1.82, 2.24) is 5.32 Å². The van der Waals surface area contributed by atoms with Gasteiger partial charge >= 0.3 is 5.97 Å². The lowest BCUT2D eigenvalue weighted by molar-refractivity contribution is 0.0697. The molecule has 152 valence electrons. The Hall–Kier alpha value is -2.96. The first kappa shape index (κ1) is 20.8. The molecule has 0 saturated heterocycles. The highest BCUT2D eigenvalue weighted by Gasteiger charge is 2.12. The summed E-state index contributed by atoms with van der Waals surface area (Å²) in [5, 5.41) is 12.9. The summed E-state index contributed by atoms with van der Waals surface area (Å²) in [6.07, 6.45) is 0.820. The van der Waals surface area contributed by atoms with E-state index in [1.165, 1.54) is 12.1 Å². The Bertz CT molecular complexity index is 999. The van der Waals surface area contributed by atoms with Gasteiger partial charge in [-0.05, 0) is 61.0 Å². The molecule has 1 heterocycles. The topological polar surface area (TPSA) is 80.9 Å². The van der Waals surface area contributed by atoms with Gasteiger partial charge < -0.3 is 24.3 Å². The number of aromatic carboxylic acids is 1. The molecule has 2 N–H and O–H groups in total. The molecular formula is C22H22ClNO5. The second-order valence-corrected chi connectivity index (χ2v) is 6.79. The van der Waals surface area contributed by atoms with Gasteiger partial charge in [0.05, 0.1) is 31.4 Å². The predicted octanol–water partition coefficient (Wildman–Crippen LogP) is 4.65. The van der Waals surface area contributed by atoms with Crippen LogP contribution in [0.4, 0.5) is 0 Å². The number of furan rings is 1. The minimum Gasteiger partial charge on any atom is -0.493 e. The van der Waals surface area contributed by atoms with Crippen molar-refractivity contribution >= 4 is 17.6 Å². The highest BCUT2D eigenvalue weighted by Crippen LogP contribution is 2.30. The summed E-state index contributed by atoms with van der Waals surface area (Å²) >= 11 is 6.20. The van der Waals surface area contributed by atoms with Gasteiger partial charge in [-0.15, -0.1) is 0 Å². The van der Waals surface area contributed by atoms with Crippen LogP contribution in [0.25, 0.3) is 11.3 Å². The predicted molar refractivity (Wildman–Crippen MR) is 111 cm³/mol. The van der Waals surface area contributed by atoms with Crippen molar-refractivity contribution in [3.8, 4) is 22.8 Å². The largest absolute Gasteiger partial charge is 0.493 e. The number of rotatable bonds is 9. The molecule has 0 fully saturated rings. The van der Waals surface area contributed by atoms with E-state index >= 15 is 0 Å². The van der Waals surface area contributed by atoms with E-state index in [-0.39, 0.29) is 5.56 Å². The zero-order chi connectivity index (χ0) is 20.8. The molecule has 0 aliphatic heterocycles. The van der Waals surface area contributed by atoms with Crippen molar-refractivity contribution in [1.29, 1.82) is 0 Å². The molecule has 3 rings (SSSR count). The normalized spacial score (nSPS) is 10.7. The summed E-state index contributed by atoms with van der Waals surface area (Å²) in [7, 11) is 3.23. The number of methoxy groups -OCH3 is 2. The summed E-state index contributed by atoms with van der Waals surface area (Å²) in [5.41, 5.74) is 1.85. The van der Waals surface area contributed by atoms with Gasteiger partial charge in [0.15, 0.2) is 11.5 Å². The van der Waals surface area contributed by atoms with Crippen LogP contribution in [-0.2, 0) is 13.0 Å². The number of benzene rings is 2. The molecule has 3 aromatic rings. The van der Waals surface area contributed by atoms with E-state index < -0.39 is 5.97 Å². The van der Waals surface area contributed by atoms with Crippen LogP contribution >= 0.6 is 11.6 Å². The first-order chi connectivity index (χ1) is 14.0. The number of hydrogen-bond acceptors (Lipinski definition) is 5. The van der Waals surface area contributed by atoms with Gasteiger partial charge in [-0.25, -0.2) is 4.79 Å². The molecule has 0 aliphatic rings. The van der Waals surface area contributed by atoms with E-state index in [4.69, 9.17) is 30.6 Å². The molecule has 7 heteroatoms. The van der Waals surface area contributed by atoms with Crippen molar-refractivity contribution in [2.45, 2.75) is 13.0 Å². The lowest BCUT2D eigenvalue weighted by atomic mass is 10.1. The maximum atomic E-state index is 11.2. The average molecular weight is 416 g/mol. The molecule has 1 aromatic heterocycles. The van der Waals surface area contributed by atoms with E-state index in [1.54, 1.807) is 26.4 Å². The summed E-state index contributed by atoms with van der Waals surface area (Å²) in [5.74, 6) is 1.68. The van der Waals surface area contributed by atoms with Crippen molar-refractivity contribution in [3.63, 3.8) is 0 Å². The Kier molecular flexibility index (Phi) is 6.80. The van der Waals surface area contributed by atoms with E-state index in [0.29, 0.717) is 34.4 Å². The second kappa shape index (κ2) is 9.49. The molecule has 0 radical (unpaired) electrons. The summed E-state index contributed by atoms with van der Waals surface area (Å²) in [4.78, 5) is 11.2. The lowest BCUT2D eigenvalue weighted by Gasteiger charge is -2.09. The average Bonchev–Trinajstić information content (AvgIpc) is 3.19. The van der Waals surface area contributed by atoms with E-state index in [0.717, 1.165) is 24.3 Å². The third-order valence-corrected chi connectivity index (χ3v) is 4.81. The van der Waals surface area contributed by atoms with Crippen LogP contribution in [0.1, 0.15) is 21.7 Å². The summed E-state index contributed by atoms with van der Waals surface area (Å²) < 4.78 is 16.4. The zero-order valence-electron chi connectivity index (χ0n) is 16.2. The monoisotopic (exact) mass is 415 g/mol. The fraction of sp³-hybridized carbons (Fsp3) is 0.227. The Morgan fingerprint density at radius 2 is 1.86 bits per heavy atom. The second-order valence-electron chi connectivity index (χ2n) is 6.38. The Balaban J connectivity index is 1.58.